The fraction of sp³-hybridized carbons (Fsp3) is 0.136. The largest absolute Gasteiger partial charge is 0.367 e. The van der Waals surface area contributed by atoms with E-state index in [-0.39, 0.29) is 0 Å². The Morgan fingerprint density at radius 2 is 1.63 bits per heavy atom. The monoisotopic (exact) mass is 395 g/mol. The van der Waals surface area contributed by atoms with E-state index < -0.39 is 0 Å². The van der Waals surface area contributed by atoms with Crippen molar-refractivity contribution in [3.05, 3.63) is 82.3 Å². The van der Waals surface area contributed by atoms with Crippen LogP contribution in [0.5, 0.6) is 0 Å². The van der Waals surface area contributed by atoms with E-state index in [0.717, 1.165) is 35.5 Å². The standard InChI is InChI=1S/C22H19Cl2N3/c1-2-27(14-15-6-4-3-5-7-15)17-10-8-16(9-11-17)22-25-20-12-18(23)19(24)13-21(20)26-22/h3-13H,2,14H2,1H3,(H,25,26). The van der Waals surface area contributed by atoms with Crippen LogP contribution in [0.3, 0.4) is 0 Å². The first-order valence-corrected chi connectivity index (χ1v) is 9.63. The second-order valence-corrected chi connectivity index (χ2v) is 7.23. The second-order valence-electron chi connectivity index (χ2n) is 6.42. The van der Waals surface area contributed by atoms with E-state index in [1.807, 2.05) is 12.1 Å². The number of nitrogens with one attached hydrogen (secondary N) is 1. The minimum Gasteiger partial charge on any atom is -0.367 e. The number of hydrogen-bond acceptors (Lipinski definition) is 2. The summed E-state index contributed by atoms with van der Waals surface area (Å²) >= 11 is 12.2. The fourth-order valence-corrected chi connectivity index (χ4v) is 3.48. The Labute approximate surface area is 168 Å². The van der Waals surface area contributed by atoms with Crippen LogP contribution in [-0.2, 0) is 6.54 Å². The zero-order chi connectivity index (χ0) is 18.8. The predicted molar refractivity (Wildman–Crippen MR) is 115 cm³/mol. The van der Waals surface area contributed by atoms with E-state index in [1.54, 1.807) is 6.07 Å². The van der Waals surface area contributed by atoms with Gasteiger partial charge in [-0.05, 0) is 48.9 Å². The van der Waals surface area contributed by atoms with Gasteiger partial charge in [0, 0.05) is 24.3 Å². The molecule has 3 aromatic carbocycles. The summed E-state index contributed by atoms with van der Waals surface area (Å²) in [6, 6.07) is 22.5. The van der Waals surface area contributed by atoms with Gasteiger partial charge in [-0.25, -0.2) is 4.98 Å². The number of aromatic nitrogens is 2. The highest BCUT2D eigenvalue weighted by Gasteiger charge is 2.10. The lowest BCUT2D eigenvalue weighted by molar-refractivity contribution is 0.832. The summed E-state index contributed by atoms with van der Waals surface area (Å²) in [5, 5.41) is 1.03. The molecule has 0 spiro atoms. The van der Waals surface area contributed by atoms with E-state index in [9.17, 15) is 0 Å². The van der Waals surface area contributed by atoms with Crippen LogP contribution < -0.4 is 4.90 Å². The van der Waals surface area contributed by atoms with Crippen molar-refractivity contribution in [2.75, 3.05) is 11.4 Å². The van der Waals surface area contributed by atoms with Crippen molar-refractivity contribution in [2.45, 2.75) is 13.5 Å². The summed E-state index contributed by atoms with van der Waals surface area (Å²) in [7, 11) is 0. The Bertz CT molecular complexity index is 1020. The molecule has 0 amide bonds. The SMILES string of the molecule is CCN(Cc1ccccc1)c1ccc(-c2nc3cc(Cl)c(Cl)cc3[nH]2)cc1. The summed E-state index contributed by atoms with van der Waals surface area (Å²) in [6.45, 7) is 4.00. The molecule has 0 aliphatic heterocycles. The van der Waals surface area contributed by atoms with Crippen molar-refractivity contribution in [1.82, 2.24) is 9.97 Å². The Hall–Kier alpha value is -2.49. The highest BCUT2D eigenvalue weighted by molar-refractivity contribution is 6.42. The Morgan fingerprint density at radius 3 is 2.33 bits per heavy atom. The number of hydrogen-bond donors (Lipinski definition) is 1. The predicted octanol–water partition coefficient (Wildman–Crippen LogP) is 6.56. The molecule has 0 saturated heterocycles. The molecule has 1 heterocycles. The van der Waals surface area contributed by atoms with Gasteiger partial charge >= 0.3 is 0 Å². The van der Waals surface area contributed by atoms with Crippen molar-refractivity contribution in [3.8, 4) is 11.4 Å². The van der Waals surface area contributed by atoms with Gasteiger partial charge in [0.2, 0.25) is 0 Å². The zero-order valence-corrected chi connectivity index (χ0v) is 16.4. The van der Waals surface area contributed by atoms with Crippen LogP contribution >= 0.6 is 23.2 Å². The van der Waals surface area contributed by atoms with Crippen LogP contribution in [-0.4, -0.2) is 16.5 Å². The first-order valence-electron chi connectivity index (χ1n) is 8.88. The van der Waals surface area contributed by atoms with Gasteiger partial charge in [-0.1, -0.05) is 53.5 Å². The average molecular weight is 396 g/mol. The normalized spacial score (nSPS) is 11.1. The van der Waals surface area contributed by atoms with Gasteiger partial charge in [0.05, 0.1) is 21.1 Å². The molecular weight excluding hydrogens is 377 g/mol. The fourth-order valence-electron chi connectivity index (χ4n) is 3.16. The van der Waals surface area contributed by atoms with Gasteiger partial charge in [0.1, 0.15) is 5.82 Å². The lowest BCUT2D eigenvalue weighted by Crippen LogP contribution is -2.21. The molecule has 3 nitrogen and oxygen atoms in total. The molecule has 5 heteroatoms. The second kappa shape index (κ2) is 7.63. The van der Waals surface area contributed by atoms with Crippen LogP contribution in [0, 0.1) is 0 Å². The number of imidazole rings is 1. The van der Waals surface area contributed by atoms with E-state index >= 15 is 0 Å². The highest BCUT2D eigenvalue weighted by Crippen LogP contribution is 2.29. The Kier molecular flexibility index (Phi) is 5.06. The summed E-state index contributed by atoms with van der Waals surface area (Å²) in [5.74, 6) is 0.806. The van der Waals surface area contributed by atoms with E-state index in [0.29, 0.717) is 10.0 Å². The van der Waals surface area contributed by atoms with E-state index in [1.165, 1.54) is 11.3 Å². The number of aromatic amines is 1. The molecule has 0 aliphatic rings. The smallest absolute Gasteiger partial charge is 0.138 e. The minimum absolute atomic E-state index is 0.511. The molecule has 4 aromatic rings. The molecule has 0 aliphatic carbocycles. The topological polar surface area (TPSA) is 31.9 Å². The summed E-state index contributed by atoms with van der Waals surface area (Å²) in [5.41, 5.74) is 5.20. The molecular formula is C22H19Cl2N3. The zero-order valence-electron chi connectivity index (χ0n) is 14.9. The molecule has 0 saturated carbocycles. The molecule has 0 bridgehead atoms. The maximum atomic E-state index is 6.10. The number of benzene rings is 3. The highest BCUT2D eigenvalue weighted by atomic mass is 35.5. The number of halogens is 2. The molecule has 4 rings (SSSR count). The van der Waals surface area contributed by atoms with Crippen LogP contribution in [0.1, 0.15) is 12.5 Å². The molecule has 27 heavy (non-hydrogen) atoms. The molecule has 0 unspecified atom stereocenters. The number of rotatable bonds is 5. The molecule has 0 radical (unpaired) electrons. The van der Waals surface area contributed by atoms with Crippen molar-refractivity contribution < 1.29 is 0 Å². The van der Waals surface area contributed by atoms with Gasteiger partial charge in [0.25, 0.3) is 0 Å². The third kappa shape index (κ3) is 3.80. The van der Waals surface area contributed by atoms with E-state index in [4.69, 9.17) is 23.2 Å². The van der Waals surface area contributed by atoms with Crippen LogP contribution in [0.4, 0.5) is 5.69 Å². The molecule has 136 valence electrons. The van der Waals surface area contributed by atoms with Crippen molar-refractivity contribution in [2.24, 2.45) is 0 Å². The number of anilines is 1. The van der Waals surface area contributed by atoms with Gasteiger partial charge in [-0.15, -0.1) is 0 Å². The lowest BCUT2D eigenvalue weighted by Gasteiger charge is -2.23. The third-order valence-corrected chi connectivity index (χ3v) is 5.35. The van der Waals surface area contributed by atoms with Crippen LogP contribution in [0.15, 0.2) is 66.7 Å². The van der Waals surface area contributed by atoms with Gasteiger partial charge in [0.15, 0.2) is 0 Å². The molecule has 1 N–H and O–H groups in total. The van der Waals surface area contributed by atoms with Gasteiger partial charge in [-0.2, -0.15) is 0 Å². The quantitative estimate of drug-likeness (QED) is 0.414. The van der Waals surface area contributed by atoms with Crippen LogP contribution in [0.25, 0.3) is 22.4 Å². The third-order valence-electron chi connectivity index (χ3n) is 4.63. The summed E-state index contributed by atoms with van der Waals surface area (Å²) in [6.07, 6.45) is 0. The van der Waals surface area contributed by atoms with Crippen molar-refractivity contribution in [1.29, 1.82) is 0 Å². The average Bonchev–Trinajstić information content (AvgIpc) is 3.10. The number of fused-ring (bicyclic) bond motifs is 1. The first-order chi connectivity index (χ1) is 13.1. The Balaban J connectivity index is 1.59. The molecule has 0 fully saturated rings. The summed E-state index contributed by atoms with van der Waals surface area (Å²) in [4.78, 5) is 10.3. The van der Waals surface area contributed by atoms with Crippen molar-refractivity contribution in [3.63, 3.8) is 0 Å². The van der Waals surface area contributed by atoms with Gasteiger partial charge in [-0.3, -0.25) is 0 Å². The van der Waals surface area contributed by atoms with Crippen molar-refractivity contribution >= 4 is 39.9 Å². The maximum absolute atomic E-state index is 6.10. The maximum Gasteiger partial charge on any atom is 0.138 e. The minimum atomic E-state index is 0.511. The summed E-state index contributed by atoms with van der Waals surface area (Å²) < 4.78 is 0. The molecule has 0 atom stereocenters. The molecule has 1 aromatic heterocycles. The van der Waals surface area contributed by atoms with E-state index in [2.05, 4.69) is 70.3 Å². The Morgan fingerprint density at radius 1 is 0.926 bits per heavy atom. The lowest BCUT2D eigenvalue weighted by atomic mass is 10.1. The number of H-pyrrole nitrogens is 1. The van der Waals surface area contributed by atoms with Crippen LogP contribution in [0.2, 0.25) is 10.0 Å². The first kappa shape index (κ1) is 17.9. The van der Waals surface area contributed by atoms with Gasteiger partial charge < -0.3 is 9.88 Å². The number of nitrogens with zero attached hydrogens (tertiary/aromatic N) is 2.